The first-order valence-electron chi connectivity index (χ1n) is 9.69. The summed E-state index contributed by atoms with van der Waals surface area (Å²) in [6.45, 7) is 6.72. The number of hydrogen-bond acceptors (Lipinski definition) is 5. The highest BCUT2D eigenvalue weighted by Gasteiger charge is 2.17. The van der Waals surface area contributed by atoms with Crippen LogP contribution in [0.25, 0.3) is 10.2 Å². The van der Waals surface area contributed by atoms with E-state index in [-0.39, 0.29) is 11.8 Å². The van der Waals surface area contributed by atoms with Gasteiger partial charge in [0.05, 0.1) is 16.6 Å². The molecule has 1 fully saturated rings. The summed E-state index contributed by atoms with van der Waals surface area (Å²) in [6.07, 6.45) is 5.27. The number of fused-ring (bicyclic) bond motifs is 1. The Labute approximate surface area is 164 Å². The third kappa shape index (κ3) is 5.74. The number of nitrogens with one attached hydrogen (secondary N) is 2. The number of carbonyl (C=O) groups is 2. The van der Waals surface area contributed by atoms with E-state index in [1.807, 2.05) is 18.2 Å². The molecule has 0 radical (unpaired) electrons. The molecule has 1 saturated heterocycles. The van der Waals surface area contributed by atoms with E-state index >= 15 is 0 Å². The van der Waals surface area contributed by atoms with Crippen LogP contribution in [0.4, 0.5) is 5.13 Å². The van der Waals surface area contributed by atoms with Gasteiger partial charge in [-0.1, -0.05) is 23.8 Å². The summed E-state index contributed by atoms with van der Waals surface area (Å²) in [6, 6.07) is 6.47. The highest BCUT2D eigenvalue weighted by atomic mass is 32.1. The molecule has 27 heavy (non-hydrogen) atoms. The standard InChI is InChI=1S/C20H28N4O2S/c1-14-6-3-4-10-24(14)11-5-9-21-19(26)13-16-7-8-17-18(12-16)27-20(23-17)22-15(2)25/h7-8,12,14H,3-6,9-11,13H2,1-2H3,(H,21,26)(H,22,23,25). The maximum absolute atomic E-state index is 12.2. The molecular formula is C20H28N4O2S. The minimum absolute atomic E-state index is 0.0487. The molecule has 146 valence electrons. The molecule has 2 N–H and O–H groups in total. The molecular weight excluding hydrogens is 360 g/mol. The van der Waals surface area contributed by atoms with Crippen LogP contribution in [0.1, 0.15) is 45.1 Å². The van der Waals surface area contributed by atoms with Crippen LogP contribution in [-0.2, 0) is 16.0 Å². The number of amides is 2. The average molecular weight is 389 g/mol. The number of carbonyl (C=O) groups excluding carboxylic acids is 2. The van der Waals surface area contributed by atoms with Crippen molar-refractivity contribution in [2.75, 3.05) is 25.0 Å². The molecule has 1 unspecified atom stereocenters. The van der Waals surface area contributed by atoms with E-state index in [9.17, 15) is 9.59 Å². The summed E-state index contributed by atoms with van der Waals surface area (Å²) >= 11 is 1.42. The zero-order valence-electron chi connectivity index (χ0n) is 16.1. The second-order valence-corrected chi connectivity index (χ2v) is 8.29. The van der Waals surface area contributed by atoms with Gasteiger partial charge < -0.3 is 15.5 Å². The lowest BCUT2D eigenvalue weighted by molar-refractivity contribution is -0.120. The smallest absolute Gasteiger partial charge is 0.224 e. The molecule has 1 aliphatic rings. The number of anilines is 1. The second-order valence-electron chi connectivity index (χ2n) is 7.26. The van der Waals surface area contributed by atoms with Crippen LogP contribution in [0.15, 0.2) is 18.2 Å². The minimum Gasteiger partial charge on any atom is -0.356 e. The number of benzene rings is 1. The van der Waals surface area contributed by atoms with Gasteiger partial charge >= 0.3 is 0 Å². The van der Waals surface area contributed by atoms with Gasteiger partial charge in [0.2, 0.25) is 11.8 Å². The lowest BCUT2D eigenvalue weighted by Gasteiger charge is -2.33. The SMILES string of the molecule is CC(=O)Nc1nc2ccc(CC(=O)NCCCN3CCCCC3C)cc2s1. The van der Waals surface area contributed by atoms with Gasteiger partial charge in [0.15, 0.2) is 5.13 Å². The summed E-state index contributed by atoms with van der Waals surface area (Å²) in [5, 5.41) is 6.32. The molecule has 7 heteroatoms. The summed E-state index contributed by atoms with van der Waals surface area (Å²) < 4.78 is 0.975. The zero-order chi connectivity index (χ0) is 19.2. The Morgan fingerprint density at radius 3 is 2.96 bits per heavy atom. The summed E-state index contributed by atoms with van der Waals surface area (Å²) in [7, 11) is 0. The van der Waals surface area contributed by atoms with E-state index < -0.39 is 0 Å². The quantitative estimate of drug-likeness (QED) is 0.715. The van der Waals surface area contributed by atoms with Gasteiger partial charge in [-0.05, 0) is 50.4 Å². The molecule has 1 aliphatic heterocycles. The Morgan fingerprint density at radius 1 is 1.33 bits per heavy atom. The first-order valence-corrected chi connectivity index (χ1v) is 10.5. The Hall–Kier alpha value is -1.99. The van der Waals surface area contributed by atoms with E-state index in [0.717, 1.165) is 35.3 Å². The number of aromatic nitrogens is 1. The number of hydrogen-bond donors (Lipinski definition) is 2. The Kier molecular flexibility index (Phi) is 6.79. The average Bonchev–Trinajstić information content (AvgIpc) is 3.00. The molecule has 0 bridgehead atoms. The first kappa shape index (κ1) is 19.8. The maximum Gasteiger partial charge on any atom is 0.224 e. The Morgan fingerprint density at radius 2 is 2.19 bits per heavy atom. The third-order valence-electron chi connectivity index (χ3n) is 4.99. The molecule has 1 aromatic carbocycles. The summed E-state index contributed by atoms with van der Waals surface area (Å²) in [5.74, 6) is -0.0831. The predicted octanol–water partition coefficient (Wildman–Crippen LogP) is 3.18. The van der Waals surface area contributed by atoms with Gasteiger partial charge in [-0.25, -0.2) is 4.98 Å². The largest absolute Gasteiger partial charge is 0.356 e. The minimum atomic E-state index is -0.132. The fourth-order valence-electron chi connectivity index (χ4n) is 3.53. The monoisotopic (exact) mass is 388 g/mol. The van der Waals surface area contributed by atoms with Gasteiger partial charge in [0, 0.05) is 26.1 Å². The van der Waals surface area contributed by atoms with E-state index in [2.05, 4.69) is 27.4 Å². The van der Waals surface area contributed by atoms with Crippen LogP contribution in [0.2, 0.25) is 0 Å². The second kappa shape index (κ2) is 9.28. The van der Waals surface area contributed by atoms with Gasteiger partial charge in [0.25, 0.3) is 0 Å². The van der Waals surface area contributed by atoms with Gasteiger partial charge in [-0.3, -0.25) is 9.59 Å². The van der Waals surface area contributed by atoms with Gasteiger partial charge in [0.1, 0.15) is 0 Å². The van der Waals surface area contributed by atoms with Crippen LogP contribution >= 0.6 is 11.3 Å². The zero-order valence-corrected chi connectivity index (χ0v) is 16.9. The predicted molar refractivity (Wildman–Crippen MR) is 110 cm³/mol. The molecule has 0 saturated carbocycles. The Balaban J connectivity index is 1.45. The number of piperidine rings is 1. The van der Waals surface area contributed by atoms with Crippen molar-refractivity contribution in [3.05, 3.63) is 23.8 Å². The normalized spacial score (nSPS) is 17.8. The summed E-state index contributed by atoms with van der Waals surface area (Å²) in [5.41, 5.74) is 1.80. The van der Waals surface area contributed by atoms with E-state index in [1.165, 1.54) is 44.1 Å². The van der Waals surface area contributed by atoms with E-state index in [4.69, 9.17) is 0 Å². The molecule has 1 aromatic heterocycles. The third-order valence-corrected chi connectivity index (χ3v) is 5.92. The first-order chi connectivity index (χ1) is 13.0. The molecule has 1 atom stereocenters. The van der Waals surface area contributed by atoms with Crippen LogP contribution in [0.3, 0.4) is 0 Å². The number of likely N-dealkylation sites (tertiary alicyclic amines) is 1. The van der Waals surface area contributed by atoms with Crippen molar-refractivity contribution in [3.8, 4) is 0 Å². The maximum atomic E-state index is 12.2. The Bertz CT molecular complexity index is 804. The fraction of sp³-hybridized carbons (Fsp3) is 0.550. The van der Waals surface area contributed by atoms with Crippen molar-refractivity contribution in [3.63, 3.8) is 0 Å². The molecule has 2 heterocycles. The number of thiazole rings is 1. The fourth-order valence-corrected chi connectivity index (χ4v) is 4.51. The van der Waals surface area contributed by atoms with Crippen molar-refractivity contribution >= 4 is 38.5 Å². The van der Waals surface area contributed by atoms with Crippen LogP contribution in [-0.4, -0.2) is 47.4 Å². The number of nitrogens with zero attached hydrogens (tertiary/aromatic N) is 2. The van der Waals surface area contributed by atoms with Crippen LogP contribution in [0.5, 0.6) is 0 Å². The highest BCUT2D eigenvalue weighted by molar-refractivity contribution is 7.22. The van der Waals surface area contributed by atoms with Gasteiger partial charge in [-0.2, -0.15) is 0 Å². The molecule has 3 rings (SSSR count). The van der Waals surface area contributed by atoms with E-state index in [1.54, 1.807) is 0 Å². The lowest BCUT2D eigenvalue weighted by atomic mass is 10.0. The van der Waals surface area contributed by atoms with Crippen LogP contribution in [0, 0.1) is 0 Å². The summed E-state index contributed by atoms with van der Waals surface area (Å²) in [4.78, 5) is 30.3. The molecule has 6 nitrogen and oxygen atoms in total. The highest BCUT2D eigenvalue weighted by Crippen LogP contribution is 2.27. The number of rotatable bonds is 7. The van der Waals surface area contributed by atoms with E-state index in [0.29, 0.717) is 17.6 Å². The van der Waals surface area contributed by atoms with Gasteiger partial charge in [-0.15, -0.1) is 0 Å². The van der Waals surface area contributed by atoms with Crippen molar-refractivity contribution in [2.24, 2.45) is 0 Å². The topological polar surface area (TPSA) is 74.3 Å². The van der Waals surface area contributed by atoms with Crippen molar-refractivity contribution in [1.29, 1.82) is 0 Å². The molecule has 0 spiro atoms. The molecule has 2 aromatic rings. The lowest BCUT2D eigenvalue weighted by Crippen LogP contribution is -2.39. The van der Waals surface area contributed by atoms with Crippen LogP contribution < -0.4 is 10.6 Å². The van der Waals surface area contributed by atoms with Crippen molar-refractivity contribution in [1.82, 2.24) is 15.2 Å². The van der Waals surface area contributed by atoms with Crippen molar-refractivity contribution in [2.45, 2.75) is 52.0 Å². The van der Waals surface area contributed by atoms with Crippen molar-refractivity contribution < 1.29 is 9.59 Å². The molecule has 0 aliphatic carbocycles. The molecule has 2 amide bonds.